The lowest BCUT2D eigenvalue weighted by atomic mass is 10.5. The molecule has 1 rings (SSSR count). The highest BCUT2D eigenvalue weighted by Crippen LogP contribution is 2.00. The van der Waals surface area contributed by atoms with Gasteiger partial charge in [-0.1, -0.05) is 6.42 Å². The lowest BCUT2D eigenvalue weighted by Crippen LogP contribution is -2.37. The normalized spacial score (nSPS) is 23.7. The van der Waals surface area contributed by atoms with Crippen LogP contribution in [0.15, 0.2) is 0 Å². The van der Waals surface area contributed by atoms with E-state index in [9.17, 15) is 8.42 Å². The fraction of sp³-hybridized carbons (Fsp3) is 0.667. The van der Waals surface area contributed by atoms with Crippen LogP contribution in [0, 0.1) is 12.5 Å². The van der Waals surface area contributed by atoms with Crippen LogP contribution in [0.4, 0.5) is 0 Å². The standard InChI is InChI=1S/C6H9NO2S/c1-2-7-3-5-10(8,9)6-4-7/h1H,3-6H2. The minimum atomic E-state index is -2.76. The predicted octanol–water partition coefficient (Wildman–Crippen LogP) is -0.692. The number of terminal acetylenes is 1. The van der Waals surface area contributed by atoms with Crippen LogP contribution in [0.1, 0.15) is 0 Å². The largest absolute Gasteiger partial charge is 0.331 e. The van der Waals surface area contributed by atoms with E-state index in [4.69, 9.17) is 6.42 Å². The Kier molecular flexibility index (Phi) is 1.86. The maximum absolute atomic E-state index is 10.8. The van der Waals surface area contributed by atoms with Gasteiger partial charge in [0.1, 0.15) is 0 Å². The molecule has 1 heterocycles. The average molecular weight is 159 g/mol. The van der Waals surface area contributed by atoms with E-state index in [0.717, 1.165) is 0 Å². The first-order valence-electron chi connectivity index (χ1n) is 3.06. The van der Waals surface area contributed by atoms with Crippen molar-refractivity contribution in [1.29, 1.82) is 0 Å². The molecule has 0 aliphatic carbocycles. The van der Waals surface area contributed by atoms with E-state index >= 15 is 0 Å². The number of sulfone groups is 1. The third-order valence-corrected chi connectivity index (χ3v) is 3.14. The van der Waals surface area contributed by atoms with Crippen molar-refractivity contribution in [3.05, 3.63) is 0 Å². The Morgan fingerprint density at radius 2 is 1.80 bits per heavy atom. The Hall–Kier alpha value is -0.690. The SMILES string of the molecule is C#CN1CCS(=O)(=O)CC1. The molecule has 0 saturated carbocycles. The molecule has 56 valence electrons. The van der Waals surface area contributed by atoms with Crippen molar-refractivity contribution in [3.8, 4) is 12.5 Å². The summed E-state index contributed by atoms with van der Waals surface area (Å²) in [5.41, 5.74) is 0. The van der Waals surface area contributed by atoms with Crippen LogP contribution in [0.25, 0.3) is 0 Å². The van der Waals surface area contributed by atoms with Gasteiger partial charge < -0.3 is 4.90 Å². The van der Waals surface area contributed by atoms with Crippen LogP contribution < -0.4 is 0 Å². The van der Waals surface area contributed by atoms with Gasteiger partial charge in [-0.25, -0.2) is 8.42 Å². The quantitative estimate of drug-likeness (QED) is 0.439. The van der Waals surface area contributed by atoms with Crippen molar-refractivity contribution < 1.29 is 8.42 Å². The Labute approximate surface area is 60.9 Å². The molecule has 1 fully saturated rings. The topological polar surface area (TPSA) is 37.4 Å². The molecule has 0 aromatic rings. The molecule has 0 bridgehead atoms. The minimum Gasteiger partial charge on any atom is -0.331 e. The Balaban J connectivity index is 2.56. The van der Waals surface area contributed by atoms with Crippen molar-refractivity contribution in [3.63, 3.8) is 0 Å². The van der Waals surface area contributed by atoms with Crippen LogP contribution >= 0.6 is 0 Å². The number of hydrogen-bond donors (Lipinski definition) is 0. The predicted molar refractivity (Wildman–Crippen MR) is 39.1 cm³/mol. The van der Waals surface area contributed by atoms with Crippen LogP contribution in [0.5, 0.6) is 0 Å². The third kappa shape index (κ3) is 1.64. The minimum absolute atomic E-state index is 0.206. The molecule has 3 nitrogen and oxygen atoms in total. The van der Waals surface area contributed by atoms with Crippen molar-refractivity contribution in [2.24, 2.45) is 0 Å². The third-order valence-electron chi connectivity index (χ3n) is 1.53. The molecule has 10 heavy (non-hydrogen) atoms. The lowest BCUT2D eigenvalue weighted by molar-refractivity contribution is 0.424. The Bertz CT molecular complexity index is 235. The summed E-state index contributed by atoms with van der Waals surface area (Å²) < 4.78 is 21.6. The maximum atomic E-state index is 10.8. The summed E-state index contributed by atoms with van der Waals surface area (Å²) in [5.74, 6) is 0.411. The van der Waals surface area contributed by atoms with Crippen molar-refractivity contribution >= 4 is 9.84 Å². The zero-order valence-corrected chi connectivity index (χ0v) is 6.39. The van der Waals surface area contributed by atoms with Gasteiger partial charge in [0.05, 0.1) is 11.5 Å². The van der Waals surface area contributed by atoms with E-state index in [1.54, 1.807) is 4.90 Å². The van der Waals surface area contributed by atoms with Gasteiger partial charge in [-0.2, -0.15) is 0 Å². The Morgan fingerprint density at radius 1 is 1.30 bits per heavy atom. The molecule has 0 aromatic carbocycles. The summed E-state index contributed by atoms with van der Waals surface area (Å²) in [6.45, 7) is 0.970. The molecule has 1 aliphatic rings. The second kappa shape index (κ2) is 2.51. The molecule has 0 unspecified atom stereocenters. The summed E-state index contributed by atoms with van der Waals surface area (Å²) in [6.07, 6.45) is 5.07. The van der Waals surface area contributed by atoms with Gasteiger partial charge in [0.15, 0.2) is 9.84 Å². The van der Waals surface area contributed by atoms with Crippen molar-refractivity contribution in [1.82, 2.24) is 4.90 Å². The fourth-order valence-corrected chi connectivity index (χ4v) is 2.04. The summed E-state index contributed by atoms with van der Waals surface area (Å²) in [7, 11) is -2.76. The van der Waals surface area contributed by atoms with Gasteiger partial charge in [-0.3, -0.25) is 0 Å². The van der Waals surface area contributed by atoms with Gasteiger partial charge >= 0.3 is 0 Å². The van der Waals surface area contributed by atoms with E-state index < -0.39 is 9.84 Å². The van der Waals surface area contributed by atoms with E-state index in [2.05, 4.69) is 6.04 Å². The zero-order valence-electron chi connectivity index (χ0n) is 5.58. The second-order valence-electron chi connectivity index (χ2n) is 2.27. The molecule has 4 heteroatoms. The summed E-state index contributed by atoms with van der Waals surface area (Å²) in [6, 6.07) is 2.41. The highest BCUT2D eigenvalue weighted by molar-refractivity contribution is 7.91. The maximum Gasteiger partial charge on any atom is 0.153 e. The van der Waals surface area contributed by atoms with Gasteiger partial charge in [-0.15, -0.1) is 0 Å². The van der Waals surface area contributed by atoms with Crippen LogP contribution in [-0.4, -0.2) is 37.9 Å². The molecule has 1 saturated heterocycles. The molecule has 0 spiro atoms. The first-order valence-corrected chi connectivity index (χ1v) is 4.88. The average Bonchev–Trinajstić information content (AvgIpc) is 1.88. The summed E-state index contributed by atoms with van der Waals surface area (Å²) >= 11 is 0. The molecule has 0 N–H and O–H groups in total. The van der Waals surface area contributed by atoms with Gasteiger partial charge in [0.25, 0.3) is 0 Å². The van der Waals surface area contributed by atoms with Crippen molar-refractivity contribution in [2.75, 3.05) is 24.6 Å². The van der Waals surface area contributed by atoms with Gasteiger partial charge in [-0.05, 0) is 0 Å². The first kappa shape index (κ1) is 7.42. The highest BCUT2D eigenvalue weighted by Gasteiger charge is 2.18. The Morgan fingerprint density at radius 3 is 2.20 bits per heavy atom. The zero-order chi connectivity index (χ0) is 7.61. The molecule has 0 atom stereocenters. The van der Waals surface area contributed by atoms with Gasteiger partial charge in [0, 0.05) is 19.1 Å². The van der Waals surface area contributed by atoms with Gasteiger partial charge in [0.2, 0.25) is 0 Å². The van der Waals surface area contributed by atoms with E-state index in [1.807, 2.05) is 0 Å². The van der Waals surface area contributed by atoms with E-state index in [0.29, 0.717) is 13.1 Å². The summed E-state index contributed by atoms with van der Waals surface area (Å²) in [5, 5.41) is 0. The summed E-state index contributed by atoms with van der Waals surface area (Å²) in [4.78, 5) is 1.68. The molecule has 0 amide bonds. The monoisotopic (exact) mass is 159 g/mol. The van der Waals surface area contributed by atoms with E-state index in [1.165, 1.54) is 0 Å². The lowest BCUT2D eigenvalue weighted by Gasteiger charge is -2.21. The fourth-order valence-electron chi connectivity index (χ4n) is 0.842. The first-order chi connectivity index (χ1) is 4.64. The smallest absolute Gasteiger partial charge is 0.153 e. The second-order valence-corrected chi connectivity index (χ2v) is 4.57. The molecular weight excluding hydrogens is 150 g/mol. The van der Waals surface area contributed by atoms with Crippen LogP contribution in [0.3, 0.4) is 0 Å². The molecule has 0 radical (unpaired) electrons. The van der Waals surface area contributed by atoms with Crippen LogP contribution in [0.2, 0.25) is 0 Å². The molecular formula is C6H9NO2S. The molecule has 1 aliphatic heterocycles. The van der Waals surface area contributed by atoms with Crippen LogP contribution in [-0.2, 0) is 9.84 Å². The molecule has 0 aromatic heterocycles. The number of nitrogens with zero attached hydrogens (tertiary/aromatic N) is 1. The number of hydrogen-bond acceptors (Lipinski definition) is 3. The highest BCUT2D eigenvalue weighted by atomic mass is 32.2. The number of rotatable bonds is 0. The van der Waals surface area contributed by atoms with E-state index in [-0.39, 0.29) is 11.5 Å². The van der Waals surface area contributed by atoms with Crippen molar-refractivity contribution in [2.45, 2.75) is 0 Å².